The van der Waals surface area contributed by atoms with E-state index < -0.39 is 11.6 Å². The first-order chi connectivity index (χ1) is 7.50. The van der Waals surface area contributed by atoms with Gasteiger partial charge in [0.2, 0.25) is 0 Å². The van der Waals surface area contributed by atoms with Gasteiger partial charge in [-0.1, -0.05) is 36.8 Å². The summed E-state index contributed by atoms with van der Waals surface area (Å²) in [4.78, 5) is 11.3. The number of hydrogen-bond donors (Lipinski definition) is 1. The molecule has 1 rings (SSSR count). The Kier molecular flexibility index (Phi) is 4.07. The lowest BCUT2D eigenvalue weighted by Gasteiger charge is -2.25. The molecular formula is C13H18O3. The predicted octanol–water partition coefficient (Wildman–Crippen LogP) is 2.72. The molecule has 0 aliphatic rings. The number of carboxylic acid groups (broad SMARTS) is 1. The van der Waals surface area contributed by atoms with E-state index in [1.54, 1.807) is 19.1 Å². The van der Waals surface area contributed by atoms with E-state index in [4.69, 9.17) is 4.74 Å². The maximum Gasteiger partial charge on any atom is 0.340 e. The minimum atomic E-state index is -1.25. The van der Waals surface area contributed by atoms with Crippen molar-refractivity contribution in [2.24, 2.45) is 0 Å². The highest BCUT2D eigenvalue weighted by Crippen LogP contribution is 2.26. The molecule has 0 aliphatic heterocycles. The molecule has 0 heterocycles. The van der Waals surface area contributed by atoms with Crippen LogP contribution in [-0.4, -0.2) is 17.7 Å². The van der Waals surface area contributed by atoms with Crippen LogP contribution in [0.15, 0.2) is 24.3 Å². The van der Waals surface area contributed by atoms with Crippen LogP contribution in [-0.2, 0) is 15.1 Å². The van der Waals surface area contributed by atoms with Gasteiger partial charge in [-0.2, -0.15) is 0 Å². The van der Waals surface area contributed by atoms with Gasteiger partial charge >= 0.3 is 5.97 Å². The monoisotopic (exact) mass is 222 g/mol. The summed E-state index contributed by atoms with van der Waals surface area (Å²) in [6, 6.07) is 7.40. The summed E-state index contributed by atoms with van der Waals surface area (Å²) in [6.07, 6.45) is 0.800. The summed E-state index contributed by atoms with van der Waals surface area (Å²) in [6.45, 7) is 5.96. The molecule has 0 saturated carbocycles. The highest BCUT2D eigenvalue weighted by atomic mass is 16.5. The first-order valence-electron chi connectivity index (χ1n) is 5.45. The zero-order chi connectivity index (χ0) is 12.2. The lowest BCUT2D eigenvalue weighted by molar-refractivity contribution is -0.165. The van der Waals surface area contributed by atoms with Crippen molar-refractivity contribution in [2.75, 3.05) is 6.61 Å². The van der Waals surface area contributed by atoms with Gasteiger partial charge in [-0.05, 0) is 25.8 Å². The van der Waals surface area contributed by atoms with E-state index in [0.29, 0.717) is 12.2 Å². The van der Waals surface area contributed by atoms with Crippen LogP contribution in [0.25, 0.3) is 0 Å². The van der Waals surface area contributed by atoms with E-state index in [-0.39, 0.29) is 0 Å². The molecule has 3 heteroatoms. The Bertz CT molecular complexity index is 356. The smallest absolute Gasteiger partial charge is 0.340 e. The van der Waals surface area contributed by atoms with Crippen LogP contribution in [0.1, 0.15) is 31.4 Å². The van der Waals surface area contributed by atoms with Crippen molar-refractivity contribution in [1.29, 1.82) is 0 Å². The second kappa shape index (κ2) is 5.12. The van der Waals surface area contributed by atoms with Gasteiger partial charge in [0.25, 0.3) is 0 Å². The summed E-state index contributed by atoms with van der Waals surface area (Å²) in [5.74, 6) is -0.954. The zero-order valence-corrected chi connectivity index (χ0v) is 9.99. The van der Waals surface area contributed by atoms with Gasteiger partial charge in [0.1, 0.15) is 0 Å². The topological polar surface area (TPSA) is 46.5 Å². The lowest BCUT2D eigenvalue weighted by Crippen LogP contribution is -2.35. The molecule has 1 atom stereocenters. The molecule has 1 aromatic rings. The van der Waals surface area contributed by atoms with Crippen molar-refractivity contribution < 1.29 is 14.6 Å². The SMILES string of the molecule is CCCOC(C)(C(=O)O)c1ccc(C)cc1. The second-order valence-electron chi connectivity index (χ2n) is 4.05. The lowest BCUT2D eigenvalue weighted by atomic mass is 9.95. The van der Waals surface area contributed by atoms with Crippen molar-refractivity contribution in [3.63, 3.8) is 0 Å². The number of hydrogen-bond acceptors (Lipinski definition) is 2. The molecule has 16 heavy (non-hydrogen) atoms. The average molecular weight is 222 g/mol. The Balaban J connectivity index is 3.01. The van der Waals surface area contributed by atoms with Gasteiger partial charge in [0, 0.05) is 6.61 Å². The Morgan fingerprint density at radius 3 is 2.38 bits per heavy atom. The van der Waals surface area contributed by atoms with Gasteiger partial charge in [0.15, 0.2) is 5.60 Å². The molecule has 0 radical (unpaired) electrons. The number of benzene rings is 1. The van der Waals surface area contributed by atoms with Crippen molar-refractivity contribution >= 4 is 5.97 Å². The van der Waals surface area contributed by atoms with Crippen molar-refractivity contribution in [3.05, 3.63) is 35.4 Å². The summed E-state index contributed by atoms with van der Waals surface area (Å²) in [5, 5.41) is 9.26. The van der Waals surface area contributed by atoms with E-state index >= 15 is 0 Å². The van der Waals surface area contributed by atoms with Crippen LogP contribution >= 0.6 is 0 Å². The fourth-order valence-corrected chi connectivity index (χ4v) is 1.45. The fourth-order valence-electron chi connectivity index (χ4n) is 1.45. The molecule has 1 aromatic carbocycles. The Morgan fingerprint density at radius 1 is 1.38 bits per heavy atom. The molecule has 0 amide bonds. The number of rotatable bonds is 5. The number of aryl methyl sites for hydroxylation is 1. The van der Waals surface area contributed by atoms with E-state index in [9.17, 15) is 9.90 Å². The van der Waals surface area contributed by atoms with E-state index in [2.05, 4.69) is 0 Å². The molecule has 0 bridgehead atoms. The number of aliphatic carboxylic acids is 1. The molecule has 3 nitrogen and oxygen atoms in total. The summed E-state index contributed by atoms with van der Waals surface area (Å²) in [5.41, 5.74) is 0.537. The molecule has 1 unspecified atom stereocenters. The Labute approximate surface area is 96.1 Å². The van der Waals surface area contributed by atoms with Crippen LogP contribution in [0, 0.1) is 6.92 Å². The average Bonchev–Trinajstić information content (AvgIpc) is 2.26. The van der Waals surface area contributed by atoms with Crippen molar-refractivity contribution in [3.8, 4) is 0 Å². The number of carboxylic acids is 1. The molecule has 0 spiro atoms. The highest BCUT2D eigenvalue weighted by molar-refractivity contribution is 5.79. The zero-order valence-electron chi connectivity index (χ0n) is 9.99. The third-order valence-corrected chi connectivity index (χ3v) is 2.61. The van der Waals surface area contributed by atoms with Crippen LogP contribution in [0.2, 0.25) is 0 Å². The predicted molar refractivity (Wildman–Crippen MR) is 62.4 cm³/mol. The van der Waals surface area contributed by atoms with Crippen LogP contribution in [0.5, 0.6) is 0 Å². The molecule has 0 fully saturated rings. The normalized spacial score (nSPS) is 14.4. The van der Waals surface area contributed by atoms with Gasteiger partial charge in [0.05, 0.1) is 0 Å². The molecule has 0 aliphatic carbocycles. The largest absolute Gasteiger partial charge is 0.479 e. The highest BCUT2D eigenvalue weighted by Gasteiger charge is 2.35. The van der Waals surface area contributed by atoms with Crippen LogP contribution in [0.3, 0.4) is 0 Å². The van der Waals surface area contributed by atoms with Crippen LogP contribution < -0.4 is 0 Å². The molecular weight excluding hydrogens is 204 g/mol. The quantitative estimate of drug-likeness (QED) is 0.833. The maximum atomic E-state index is 11.3. The molecule has 0 aromatic heterocycles. The standard InChI is InChI=1S/C13H18O3/c1-4-9-16-13(3,12(14)15)11-7-5-10(2)6-8-11/h5-8H,4,9H2,1-3H3,(H,14,15). The van der Waals surface area contributed by atoms with E-state index in [1.165, 1.54) is 0 Å². The number of ether oxygens (including phenoxy) is 1. The third kappa shape index (κ3) is 2.61. The summed E-state index contributed by atoms with van der Waals surface area (Å²) >= 11 is 0. The maximum absolute atomic E-state index is 11.3. The van der Waals surface area contributed by atoms with E-state index in [1.807, 2.05) is 26.0 Å². The number of carbonyl (C=O) groups is 1. The van der Waals surface area contributed by atoms with Gasteiger partial charge < -0.3 is 9.84 Å². The summed E-state index contributed by atoms with van der Waals surface area (Å²) in [7, 11) is 0. The second-order valence-corrected chi connectivity index (χ2v) is 4.05. The Morgan fingerprint density at radius 2 is 1.94 bits per heavy atom. The minimum Gasteiger partial charge on any atom is -0.479 e. The van der Waals surface area contributed by atoms with Crippen molar-refractivity contribution in [2.45, 2.75) is 32.8 Å². The van der Waals surface area contributed by atoms with E-state index in [0.717, 1.165) is 12.0 Å². The summed E-state index contributed by atoms with van der Waals surface area (Å²) < 4.78 is 5.47. The van der Waals surface area contributed by atoms with Crippen LogP contribution in [0.4, 0.5) is 0 Å². The molecule has 1 N–H and O–H groups in total. The third-order valence-electron chi connectivity index (χ3n) is 2.61. The first kappa shape index (κ1) is 12.7. The van der Waals surface area contributed by atoms with Crippen molar-refractivity contribution in [1.82, 2.24) is 0 Å². The van der Waals surface area contributed by atoms with Gasteiger partial charge in [-0.3, -0.25) is 0 Å². The molecule has 0 saturated heterocycles. The fraction of sp³-hybridized carbons (Fsp3) is 0.462. The van der Waals surface area contributed by atoms with Gasteiger partial charge in [-0.15, -0.1) is 0 Å². The molecule has 88 valence electrons. The first-order valence-corrected chi connectivity index (χ1v) is 5.45. The Hall–Kier alpha value is -1.35. The van der Waals surface area contributed by atoms with Gasteiger partial charge in [-0.25, -0.2) is 4.79 Å². The minimum absolute atomic E-state index is 0.441.